The molecule has 0 unspecified atom stereocenters. The Morgan fingerprint density at radius 1 is 0.897 bits per heavy atom. The molecular formula is C22H25IN6. The Bertz CT molecular complexity index is 1110. The summed E-state index contributed by atoms with van der Waals surface area (Å²) in [7, 11) is 0. The van der Waals surface area contributed by atoms with Crippen molar-refractivity contribution in [2.45, 2.75) is 33.1 Å². The lowest BCUT2D eigenvalue weighted by Gasteiger charge is -2.22. The first-order chi connectivity index (χ1) is 13.9. The average Bonchev–Trinajstić information content (AvgIpc) is 3.13. The van der Waals surface area contributed by atoms with Crippen LogP contribution in [-0.4, -0.2) is 30.1 Å². The molecule has 0 bridgehead atoms. The number of hydrogen-bond acceptors (Lipinski definition) is 5. The maximum absolute atomic E-state index is 4.83. The number of fused-ring (bicyclic) bond motifs is 1. The summed E-state index contributed by atoms with van der Waals surface area (Å²) in [5, 5.41) is 11.2. The van der Waals surface area contributed by atoms with E-state index in [9.17, 15) is 0 Å². The van der Waals surface area contributed by atoms with Gasteiger partial charge in [-0.3, -0.25) is 5.10 Å². The Kier molecular flexibility index (Phi) is 6.46. The maximum atomic E-state index is 4.83. The first kappa shape index (κ1) is 21.2. The molecule has 0 radical (unpaired) electrons. The van der Waals surface area contributed by atoms with Crippen LogP contribution in [0.3, 0.4) is 0 Å². The molecule has 4 aromatic rings. The number of benzene rings is 2. The van der Waals surface area contributed by atoms with Crippen LogP contribution in [0.1, 0.15) is 32.2 Å². The van der Waals surface area contributed by atoms with E-state index in [1.807, 2.05) is 42.2 Å². The second kappa shape index (κ2) is 8.86. The predicted octanol–water partition coefficient (Wildman–Crippen LogP) is 5.82. The number of aromatic nitrogens is 5. The van der Waals surface area contributed by atoms with Gasteiger partial charge in [0.05, 0.1) is 5.52 Å². The Morgan fingerprint density at radius 3 is 2.28 bits per heavy atom. The molecule has 0 saturated carbocycles. The molecule has 2 aromatic heterocycles. The maximum Gasteiger partial charge on any atom is 0.247 e. The zero-order valence-electron chi connectivity index (χ0n) is 17.3. The van der Waals surface area contributed by atoms with E-state index in [2.05, 4.69) is 82.1 Å². The Morgan fingerprint density at radius 2 is 1.59 bits per heavy atom. The van der Waals surface area contributed by atoms with Crippen molar-refractivity contribution < 1.29 is 0 Å². The Hall–Kier alpha value is -2.55. The summed E-state index contributed by atoms with van der Waals surface area (Å²) in [6, 6.07) is 16.2. The lowest BCUT2D eigenvalue weighted by molar-refractivity contribution is 0.591. The Labute approximate surface area is 184 Å². The molecule has 0 saturated heterocycles. The fourth-order valence-corrected chi connectivity index (χ4v) is 3.13. The van der Waals surface area contributed by atoms with Crippen molar-refractivity contribution >= 4 is 45.3 Å². The lowest BCUT2D eigenvalue weighted by Crippen LogP contribution is -2.13. The highest BCUT2D eigenvalue weighted by Crippen LogP contribution is 2.33. The molecule has 0 atom stereocenters. The summed E-state index contributed by atoms with van der Waals surface area (Å²) in [5.74, 6) is 2.62. The van der Waals surface area contributed by atoms with Gasteiger partial charge in [0.2, 0.25) is 5.95 Å². The third kappa shape index (κ3) is 4.72. The number of aryl methyl sites for hydroxylation is 1. The van der Waals surface area contributed by atoms with Crippen LogP contribution in [0.25, 0.3) is 22.3 Å². The summed E-state index contributed by atoms with van der Waals surface area (Å²) >= 11 is 2.15. The zero-order valence-corrected chi connectivity index (χ0v) is 19.4. The van der Waals surface area contributed by atoms with Crippen LogP contribution < -0.4 is 5.32 Å². The number of para-hydroxylation sites is 1. The topological polar surface area (TPSA) is 79.4 Å². The first-order valence-electron chi connectivity index (χ1n) is 9.32. The largest absolute Gasteiger partial charge is 0.307 e. The van der Waals surface area contributed by atoms with E-state index >= 15 is 0 Å². The first-order valence-corrected chi connectivity index (χ1v) is 11.5. The summed E-state index contributed by atoms with van der Waals surface area (Å²) in [6.07, 6.45) is 0. The molecule has 2 aromatic carbocycles. The van der Waals surface area contributed by atoms with Crippen molar-refractivity contribution in [1.29, 1.82) is 0 Å². The van der Waals surface area contributed by atoms with E-state index in [0.717, 1.165) is 22.3 Å². The molecule has 4 rings (SSSR count). The van der Waals surface area contributed by atoms with Gasteiger partial charge in [0.15, 0.2) is 5.82 Å². The number of anilines is 2. The molecule has 0 aliphatic carbocycles. The highest BCUT2D eigenvalue weighted by molar-refractivity contribution is 14.1. The van der Waals surface area contributed by atoms with Gasteiger partial charge in [-0.05, 0) is 35.0 Å². The summed E-state index contributed by atoms with van der Waals surface area (Å²) in [6.45, 7) is 8.45. The number of alkyl halides is 1. The smallest absolute Gasteiger partial charge is 0.247 e. The van der Waals surface area contributed by atoms with Crippen LogP contribution in [-0.2, 0) is 5.41 Å². The van der Waals surface area contributed by atoms with Gasteiger partial charge >= 0.3 is 0 Å². The number of nitrogens with zero attached hydrogens (tertiary/aromatic N) is 4. The monoisotopic (exact) mass is 500 g/mol. The molecule has 150 valence electrons. The van der Waals surface area contributed by atoms with E-state index in [1.165, 1.54) is 5.56 Å². The average molecular weight is 500 g/mol. The van der Waals surface area contributed by atoms with Crippen LogP contribution in [0.2, 0.25) is 0 Å². The predicted molar refractivity (Wildman–Crippen MR) is 128 cm³/mol. The minimum Gasteiger partial charge on any atom is -0.307 e. The molecule has 0 spiro atoms. The molecule has 0 aliphatic rings. The lowest BCUT2D eigenvalue weighted by atomic mass is 9.83. The van der Waals surface area contributed by atoms with Gasteiger partial charge < -0.3 is 5.32 Å². The van der Waals surface area contributed by atoms with Gasteiger partial charge in [0.25, 0.3) is 0 Å². The molecule has 0 fully saturated rings. The normalized spacial score (nSPS) is 11.1. The molecular weight excluding hydrogens is 475 g/mol. The van der Waals surface area contributed by atoms with E-state index in [1.54, 1.807) is 0 Å². The van der Waals surface area contributed by atoms with Gasteiger partial charge in [-0.25, -0.2) is 9.97 Å². The number of halogens is 1. The number of H-pyrrole nitrogens is 1. The second-order valence-electron chi connectivity index (χ2n) is 7.58. The van der Waals surface area contributed by atoms with Gasteiger partial charge in [-0.1, -0.05) is 79.8 Å². The fraction of sp³-hybridized carbons (Fsp3) is 0.273. The highest BCUT2D eigenvalue weighted by Gasteiger charge is 2.20. The standard InChI is InChI=1S/C21H22N6.CH3I/c1-13-22-20(27-26-13)25-19-15-10-6-8-12-17(15)23-18(24-19)14-9-5-7-11-16(14)21(2,3)4;1-2/h5-12H,1-4H3,(H2,22,23,24,25,26,27);1H3. The molecule has 0 amide bonds. The number of aromatic amines is 1. The van der Waals surface area contributed by atoms with Crippen molar-refractivity contribution in [2.24, 2.45) is 0 Å². The number of nitrogens with one attached hydrogen (secondary N) is 2. The molecule has 2 N–H and O–H groups in total. The number of hydrogen-bond donors (Lipinski definition) is 2. The van der Waals surface area contributed by atoms with Crippen molar-refractivity contribution in [3.05, 3.63) is 59.9 Å². The minimum atomic E-state index is -0.0138. The summed E-state index contributed by atoms with van der Waals surface area (Å²) in [4.78, 5) is 16.0. The molecule has 29 heavy (non-hydrogen) atoms. The van der Waals surface area contributed by atoms with Gasteiger partial charge in [-0.15, -0.1) is 5.10 Å². The molecule has 6 nitrogen and oxygen atoms in total. The van der Waals surface area contributed by atoms with Crippen LogP contribution in [0.5, 0.6) is 0 Å². The van der Waals surface area contributed by atoms with Gasteiger partial charge in [-0.2, -0.15) is 4.98 Å². The van der Waals surface area contributed by atoms with Gasteiger partial charge in [0.1, 0.15) is 11.6 Å². The van der Waals surface area contributed by atoms with E-state index in [4.69, 9.17) is 9.97 Å². The zero-order chi connectivity index (χ0) is 21.0. The third-order valence-corrected chi connectivity index (χ3v) is 4.41. The Balaban J connectivity index is 0.00000117. The number of rotatable bonds is 3. The van der Waals surface area contributed by atoms with Crippen molar-refractivity contribution in [2.75, 3.05) is 10.2 Å². The van der Waals surface area contributed by atoms with Crippen LogP contribution >= 0.6 is 22.6 Å². The SMILES string of the molecule is CI.Cc1nc(Nc2nc(-c3ccccc3C(C)(C)C)nc3ccccc23)n[nH]1. The van der Waals surface area contributed by atoms with Crippen molar-refractivity contribution in [3.8, 4) is 11.4 Å². The fourth-order valence-electron chi connectivity index (χ4n) is 3.13. The molecule has 0 aliphatic heterocycles. The van der Waals surface area contributed by atoms with E-state index in [0.29, 0.717) is 17.6 Å². The van der Waals surface area contributed by atoms with E-state index < -0.39 is 0 Å². The quantitative estimate of drug-likeness (QED) is 0.274. The van der Waals surface area contributed by atoms with Crippen molar-refractivity contribution in [1.82, 2.24) is 25.1 Å². The third-order valence-electron chi connectivity index (χ3n) is 4.41. The highest BCUT2D eigenvalue weighted by atomic mass is 127. The minimum absolute atomic E-state index is 0.0138. The van der Waals surface area contributed by atoms with Crippen LogP contribution in [0, 0.1) is 6.92 Å². The molecule has 7 heteroatoms. The van der Waals surface area contributed by atoms with Crippen LogP contribution in [0.4, 0.5) is 11.8 Å². The summed E-state index contributed by atoms with van der Waals surface area (Å²) in [5.41, 5.74) is 3.10. The molecule has 2 heterocycles. The van der Waals surface area contributed by atoms with Gasteiger partial charge in [0, 0.05) is 10.9 Å². The van der Waals surface area contributed by atoms with Crippen molar-refractivity contribution in [3.63, 3.8) is 0 Å². The summed E-state index contributed by atoms with van der Waals surface area (Å²) < 4.78 is 0. The second-order valence-corrected chi connectivity index (χ2v) is 7.58. The van der Waals surface area contributed by atoms with Crippen LogP contribution in [0.15, 0.2) is 48.5 Å². The van der Waals surface area contributed by atoms with E-state index in [-0.39, 0.29) is 5.41 Å².